The van der Waals surface area contributed by atoms with Crippen LogP contribution in [0.1, 0.15) is 55.1 Å². The zero-order chi connectivity index (χ0) is 21.7. The number of aryl methyl sites for hydroxylation is 1. The van der Waals surface area contributed by atoms with Crippen LogP contribution >= 0.6 is 0 Å². The standard InChI is InChI=1S/C24H27N3O3/c1-5-16-6-8-17(9-7-16)23(29)26-19-12-10-18(11-13-19)25-22(28)15-20-14-21(30-27-20)24(2,3)4/h6-14H,5,15H2,1-4H3,(H,25,28)(H,26,29). The number of rotatable bonds is 6. The second-order valence-corrected chi connectivity index (χ2v) is 8.24. The molecule has 0 fully saturated rings. The van der Waals surface area contributed by atoms with Gasteiger partial charge in [0.15, 0.2) is 0 Å². The van der Waals surface area contributed by atoms with Gasteiger partial charge >= 0.3 is 0 Å². The number of carbonyl (C=O) groups excluding carboxylic acids is 2. The largest absolute Gasteiger partial charge is 0.361 e. The van der Waals surface area contributed by atoms with Gasteiger partial charge in [-0.1, -0.05) is 45.0 Å². The summed E-state index contributed by atoms with van der Waals surface area (Å²) >= 11 is 0. The molecule has 2 N–H and O–H groups in total. The van der Waals surface area contributed by atoms with E-state index < -0.39 is 0 Å². The van der Waals surface area contributed by atoms with Gasteiger partial charge in [-0.2, -0.15) is 0 Å². The number of nitrogens with one attached hydrogen (secondary N) is 2. The third-order valence-corrected chi connectivity index (χ3v) is 4.69. The van der Waals surface area contributed by atoms with E-state index in [0.717, 1.165) is 12.2 Å². The van der Waals surface area contributed by atoms with Crippen LogP contribution in [-0.2, 0) is 23.1 Å². The summed E-state index contributed by atoms with van der Waals surface area (Å²) in [6.45, 7) is 8.15. The Balaban J connectivity index is 1.55. The van der Waals surface area contributed by atoms with Gasteiger partial charge in [0.05, 0.1) is 12.1 Å². The summed E-state index contributed by atoms with van der Waals surface area (Å²) < 4.78 is 5.31. The highest BCUT2D eigenvalue weighted by Gasteiger charge is 2.20. The SMILES string of the molecule is CCc1ccc(C(=O)Nc2ccc(NC(=O)Cc3cc(C(C)(C)C)on3)cc2)cc1. The van der Waals surface area contributed by atoms with Crippen LogP contribution in [0.15, 0.2) is 59.1 Å². The van der Waals surface area contributed by atoms with E-state index in [1.165, 1.54) is 5.56 Å². The topological polar surface area (TPSA) is 84.2 Å². The lowest BCUT2D eigenvalue weighted by atomic mass is 9.93. The second kappa shape index (κ2) is 8.95. The van der Waals surface area contributed by atoms with E-state index in [2.05, 4.69) is 22.7 Å². The highest BCUT2D eigenvalue weighted by atomic mass is 16.5. The maximum Gasteiger partial charge on any atom is 0.255 e. The summed E-state index contributed by atoms with van der Waals surface area (Å²) in [5, 5.41) is 9.66. The molecule has 1 aromatic heterocycles. The first-order valence-corrected chi connectivity index (χ1v) is 10.0. The molecule has 0 atom stereocenters. The first-order valence-electron chi connectivity index (χ1n) is 10.0. The Labute approximate surface area is 176 Å². The van der Waals surface area contributed by atoms with Crippen LogP contribution in [0.5, 0.6) is 0 Å². The molecule has 3 aromatic rings. The Morgan fingerprint density at radius 1 is 0.933 bits per heavy atom. The van der Waals surface area contributed by atoms with E-state index in [9.17, 15) is 9.59 Å². The van der Waals surface area contributed by atoms with Gasteiger partial charge in [-0.05, 0) is 48.4 Å². The third-order valence-electron chi connectivity index (χ3n) is 4.69. The molecular formula is C24H27N3O3. The zero-order valence-corrected chi connectivity index (χ0v) is 17.8. The molecule has 3 rings (SSSR count). The monoisotopic (exact) mass is 405 g/mol. The van der Waals surface area contributed by atoms with Crippen molar-refractivity contribution in [1.82, 2.24) is 5.16 Å². The maximum absolute atomic E-state index is 12.4. The van der Waals surface area contributed by atoms with Crippen LogP contribution in [0.2, 0.25) is 0 Å². The average Bonchev–Trinajstić information content (AvgIpc) is 3.18. The number of carbonyl (C=O) groups is 2. The zero-order valence-electron chi connectivity index (χ0n) is 17.8. The second-order valence-electron chi connectivity index (χ2n) is 8.24. The molecule has 30 heavy (non-hydrogen) atoms. The average molecular weight is 405 g/mol. The van der Waals surface area contributed by atoms with E-state index in [1.54, 1.807) is 24.3 Å². The Kier molecular flexibility index (Phi) is 6.35. The van der Waals surface area contributed by atoms with E-state index in [0.29, 0.717) is 22.6 Å². The summed E-state index contributed by atoms with van der Waals surface area (Å²) in [5.74, 6) is 0.390. The predicted molar refractivity (Wildman–Crippen MR) is 118 cm³/mol. The molecule has 0 aliphatic carbocycles. The van der Waals surface area contributed by atoms with E-state index in [-0.39, 0.29) is 23.7 Å². The van der Waals surface area contributed by atoms with Crippen molar-refractivity contribution in [1.29, 1.82) is 0 Å². The normalized spacial score (nSPS) is 11.2. The molecule has 0 bridgehead atoms. The van der Waals surface area contributed by atoms with E-state index in [1.807, 2.05) is 51.1 Å². The van der Waals surface area contributed by atoms with Crippen LogP contribution in [0.3, 0.4) is 0 Å². The van der Waals surface area contributed by atoms with Gasteiger partial charge < -0.3 is 15.2 Å². The number of benzene rings is 2. The fourth-order valence-electron chi connectivity index (χ4n) is 2.85. The van der Waals surface area contributed by atoms with Gasteiger partial charge in [-0.3, -0.25) is 9.59 Å². The van der Waals surface area contributed by atoms with Crippen LogP contribution in [0.4, 0.5) is 11.4 Å². The summed E-state index contributed by atoms with van der Waals surface area (Å²) in [7, 11) is 0. The Morgan fingerprint density at radius 3 is 2.07 bits per heavy atom. The molecule has 0 radical (unpaired) electrons. The Bertz CT molecular complexity index is 1010. The summed E-state index contributed by atoms with van der Waals surface area (Å²) in [6, 6.07) is 16.3. The lowest BCUT2D eigenvalue weighted by Crippen LogP contribution is -2.15. The van der Waals surface area contributed by atoms with Crippen molar-refractivity contribution >= 4 is 23.2 Å². The van der Waals surface area contributed by atoms with Gasteiger partial charge in [0.1, 0.15) is 5.76 Å². The molecule has 2 amide bonds. The van der Waals surface area contributed by atoms with Crippen molar-refractivity contribution in [2.75, 3.05) is 10.6 Å². The van der Waals surface area contributed by atoms with Crippen LogP contribution < -0.4 is 10.6 Å². The lowest BCUT2D eigenvalue weighted by Gasteiger charge is -2.12. The minimum atomic E-state index is -0.184. The predicted octanol–water partition coefficient (Wildman–Crippen LogP) is 4.97. The number of aromatic nitrogens is 1. The van der Waals surface area contributed by atoms with Crippen LogP contribution in [0, 0.1) is 0 Å². The fraction of sp³-hybridized carbons (Fsp3) is 0.292. The quantitative estimate of drug-likeness (QED) is 0.606. The van der Waals surface area contributed by atoms with Crippen LogP contribution in [0.25, 0.3) is 0 Å². The first-order chi connectivity index (χ1) is 14.2. The smallest absolute Gasteiger partial charge is 0.255 e. The van der Waals surface area contributed by atoms with Gasteiger partial charge in [0.25, 0.3) is 5.91 Å². The van der Waals surface area contributed by atoms with E-state index in [4.69, 9.17) is 4.52 Å². The molecule has 1 heterocycles. The molecule has 2 aromatic carbocycles. The minimum absolute atomic E-state index is 0.131. The van der Waals surface area contributed by atoms with E-state index >= 15 is 0 Å². The van der Waals surface area contributed by atoms with Crippen molar-refractivity contribution in [2.24, 2.45) is 0 Å². The Hall–Kier alpha value is -3.41. The Morgan fingerprint density at radius 2 is 1.53 bits per heavy atom. The van der Waals surface area contributed by atoms with Crippen molar-refractivity contribution in [3.05, 3.63) is 77.2 Å². The summed E-state index contributed by atoms with van der Waals surface area (Å²) in [4.78, 5) is 24.6. The maximum atomic E-state index is 12.4. The van der Waals surface area contributed by atoms with Gasteiger partial charge in [-0.25, -0.2) is 0 Å². The van der Waals surface area contributed by atoms with Gasteiger partial charge in [-0.15, -0.1) is 0 Å². The van der Waals surface area contributed by atoms with Crippen molar-refractivity contribution in [3.8, 4) is 0 Å². The molecule has 0 saturated heterocycles. The minimum Gasteiger partial charge on any atom is -0.361 e. The number of hydrogen-bond donors (Lipinski definition) is 2. The molecule has 0 spiro atoms. The molecule has 6 nitrogen and oxygen atoms in total. The summed E-state index contributed by atoms with van der Waals surface area (Å²) in [5.41, 5.74) is 3.53. The van der Waals surface area contributed by atoms with Gasteiger partial charge in [0, 0.05) is 28.4 Å². The van der Waals surface area contributed by atoms with Crippen LogP contribution in [-0.4, -0.2) is 17.0 Å². The first kappa shape index (κ1) is 21.3. The molecule has 156 valence electrons. The molecule has 0 unspecified atom stereocenters. The molecule has 0 saturated carbocycles. The molecular weight excluding hydrogens is 378 g/mol. The third kappa shape index (κ3) is 5.56. The summed E-state index contributed by atoms with van der Waals surface area (Å²) in [6.07, 6.45) is 1.06. The lowest BCUT2D eigenvalue weighted by molar-refractivity contribution is -0.115. The van der Waals surface area contributed by atoms with Crippen molar-refractivity contribution in [3.63, 3.8) is 0 Å². The number of amides is 2. The molecule has 0 aliphatic heterocycles. The highest BCUT2D eigenvalue weighted by molar-refractivity contribution is 6.04. The fourth-order valence-corrected chi connectivity index (χ4v) is 2.85. The van der Waals surface area contributed by atoms with Crippen molar-refractivity contribution < 1.29 is 14.1 Å². The van der Waals surface area contributed by atoms with Crippen molar-refractivity contribution in [2.45, 2.75) is 46.0 Å². The number of hydrogen-bond acceptors (Lipinski definition) is 4. The molecule has 0 aliphatic rings. The van der Waals surface area contributed by atoms with Gasteiger partial charge in [0.2, 0.25) is 5.91 Å². The number of anilines is 2. The number of nitrogens with zero attached hydrogens (tertiary/aromatic N) is 1. The highest BCUT2D eigenvalue weighted by Crippen LogP contribution is 2.23. The molecule has 6 heteroatoms.